The molecule has 21 heavy (non-hydrogen) atoms. The second-order valence-electron chi connectivity index (χ2n) is 7.08. The molecule has 1 aromatic heterocycles. The van der Waals surface area contributed by atoms with Crippen molar-refractivity contribution in [3.8, 4) is 0 Å². The first-order valence-corrected chi connectivity index (χ1v) is 8.75. The van der Waals surface area contributed by atoms with Crippen molar-refractivity contribution in [1.29, 1.82) is 0 Å². The smallest absolute Gasteiger partial charge is 0.0981 e. The highest BCUT2D eigenvalue weighted by Crippen LogP contribution is 2.28. The first kappa shape index (κ1) is 15.4. The number of nitrogens with zero attached hydrogens (tertiary/aromatic N) is 2. The lowest BCUT2D eigenvalue weighted by atomic mass is 9.98. The molecule has 0 bridgehead atoms. The number of morpholine rings is 1. The highest BCUT2D eigenvalue weighted by atomic mass is 32.1. The average molecular weight is 310 g/mol. The molecule has 2 aliphatic heterocycles. The van der Waals surface area contributed by atoms with E-state index in [1.165, 1.54) is 16.3 Å². The van der Waals surface area contributed by atoms with Crippen LogP contribution in [0, 0.1) is 0 Å². The summed E-state index contributed by atoms with van der Waals surface area (Å²) < 4.78 is 11.7. The largest absolute Gasteiger partial charge is 0.375 e. The fraction of sp³-hybridized carbons (Fsp3) is 0.812. The van der Waals surface area contributed by atoms with Gasteiger partial charge in [-0.1, -0.05) is 20.8 Å². The summed E-state index contributed by atoms with van der Waals surface area (Å²) in [6.07, 6.45) is 4.92. The molecule has 0 aromatic carbocycles. The van der Waals surface area contributed by atoms with Gasteiger partial charge in [0, 0.05) is 42.7 Å². The number of ether oxygens (including phenoxy) is 2. The van der Waals surface area contributed by atoms with Crippen LogP contribution in [0.15, 0.2) is 6.20 Å². The lowest BCUT2D eigenvalue weighted by Gasteiger charge is -2.35. The average Bonchev–Trinajstić information content (AvgIpc) is 3.09. The van der Waals surface area contributed by atoms with Crippen molar-refractivity contribution in [2.75, 3.05) is 26.3 Å². The highest BCUT2D eigenvalue weighted by molar-refractivity contribution is 7.11. The van der Waals surface area contributed by atoms with E-state index in [1.54, 1.807) is 0 Å². The van der Waals surface area contributed by atoms with Crippen LogP contribution in [-0.4, -0.2) is 48.4 Å². The third kappa shape index (κ3) is 3.83. The molecule has 0 amide bonds. The van der Waals surface area contributed by atoms with E-state index >= 15 is 0 Å². The first-order chi connectivity index (χ1) is 10.0. The maximum Gasteiger partial charge on any atom is 0.0981 e. The van der Waals surface area contributed by atoms with Crippen molar-refractivity contribution in [2.45, 2.75) is 57.8 Å². The van der Waals surface area contributed by atoms with E-state index in [4.69, 9.17) is 9.47 Å². The maximum atomic E-state index is 5.91. The summed E-state index contributed by atoms with van der Waals surface area (Å²) in [5.41, 5.74) is 0.147. The molecule has 118 valence electrons. The minimum absolute atomic E-state index is 0.147. The second-order valence-corrected chi connectivity index (χ2v) is 8.19. The van der Waals surface area contributed by atoms with Crippen LogP contribution in [0.3, 0.4) is 0 Å². The third-order valence-corrected chi connectivity index (χ3v) is 5.54. The summed E-state index contributed by atoms with van der Waals surface area (Å²) in [5, 5.41) is 1.22. The summed E-state index contributed by atoms with van der Waals surface area (Å²) in [6, 6.07) is 0. The Morgan fingerprint density at radius 2 is 2.10 bits per heavy atom. The van der Waals surface area contributed by atoms with E-state index in [-0.39, 0.29) is 11.5 Å². The molecule has 2 fully saturated rings. The Morgan fingerprint density at radius 3 is 2.76 bits per heavy atom. The van der Waals surface area contributed by atoms with Crippen LogP contribution >= 0.6 is 11.3 Å². The maximum absolute atomic E-state index is 5.91. The van der Waals surface area contributed by atoms with Gasteiger partial charge in [-0.15, -0.1) is 11.3 Å². The predicted molar refractivity (Wildman–Crippen MR) is 84.8 cm³/mol. The summed E-state index contributed by atoms with van der Waals surface area (Å²) in [5.74, 6) is 0. The Hall–Kier alpha value is -0.490. The van der Waals surface area contributed by atoms with Crippen LogP contribution in [0.5, 0.6) is 0 Å². The molecule has 0 N–H and O–H groups in total. The van der Waals surface area contributed by atoms with Crippen molar-refractivity contribution in [3.05, 3.63) is 16.1 Å². The van der Waals surface area contributed by atoms with Crippen molar-refractivity contribution < 1.29 is 9.47 Å². The Kier molecular flexibility index (Phi) is 4.64. The minimum atomic E-state index is 0.147. The van der Waals surface area contributed by atoms with Crippen LogP contribution in [0.25, 0.3) is 0 Å². The normalized spacial score (nSPS) is 28.1. The molecule has 2 aliphatic rings. The Labute approximate surface area is 131 Å². The number of thiazole rings is 1. The van der Waals surface area contributed by atoms with E-state index in [2.05, 4.69) is 30.7 Å². The van der Waals surface area contributed by atoms with Crippen LogP contribution in [0.1, 0.15) is 43.5 Å². The Morgan fingerprint density at radius 1 is 1.29 bits per heavy atom. The zero-order valence-electron chi connectivity index (χ0n) is 13.3. The highest BCUT2D eigenvalue weighted by Gasteiger charge is 2.31. The van der Waals surface area contributed by atoms with Crippen LogP contribution in [0.2, 0.25) is 0 Å². The molecule has 0 saturated carbocycles. The molecule has 3 rings (SSSR count). The first-order valence-electron chi connectivity index (χ1n) is 7.93. The van der Waals surface area contributed by atoms with Crippen molar-refractivity contribution in [3.63, 3.8) is 0 Å². The quantitative estimate of drug-likeness (QED) is 0.860. The monoisotopic (exact) mass is 310 g/mol. The molecule has 0 spiro atoms. The summed E-state index contributed by atoms with van der Waals surface area (Å²) in [7, 11) is 0. The molecule has 2 atom stereocenters. The molecule has 0 aliphatic carbocycles. The summed E-state index contributed by atoms with van der Waals surface area (Å²) in [6.45, 7) is 11.3. The summed E-state index contributed by atoms with van der Waals surface area (Å²) >= 11 is 1.84. The van der Waals surface area contributed by atoms with Crippen molar-refractivity contribution in [1.82, 2.24) is 9.88 Å². The van der Waals surface area contributed by atoms with E-state index in [9.17, 15) is 0 Å². The number of hydrogen-bond acceptors (Lipinski definition) is 5. The van der Waals surface area contributed by atoms with Gasteiger partial charge in [0.1, 0.15) is 0 Å². The van der Waals surface area contributed by atoms with Gasteiger partial charge in [-0.3, -0.25) is 4.90 Å². The minimum Gasteiger partial charge on any atom is -0.375 e. The van der Waals surface area contributed by atoms with Gasteiger partial charge in [-0.2, -0.15) is 0 Å². The Balaban J connectivity index is 1.58. The molecule has 1 aromatic rings. The molecular formula is C16H26N2O2S. The van der Waals surface area contributed by atoms with Gasteiger partial charge in [0.2, 0.25) is 0 Å². The standard InChI is InChI=1S/C16H26N2O2S/c1-16(2,3)15-17-9-12(21-15)10-18-6-8-20-14(11-18)13-5-4-7-19-13/h9,13-14H,4-8,10-11H2,1-3H3/t13-,14-/m1/s1. The van der Waals surface area contributed by atoms with E-state index < -0.39 is 0 Å². The SMILES string of the molecule is CC(C)(C)c1ncc(CN2CCO[C@@H]([C@H]3CCCO3)C2)s1. The van der Waals surface area contributed by atoms with E-state index in [1.807, 2.05) is 17.5 Å². The third-order valence-electron chi connectivity index (χ3n) is 4.13. The van der Waals surface area contributed by atoms with Gasteiger partial charge in [0.15, 0.2) is 0 Å². The van der Waals surface area contributed by atoms with E-state index in [0.717, 1.165) is 39.3 Å². The number of aromatic nitrogens is 1. The lowest BCUT2D eigenvalue weighted by Crippen LogP contribution is -2.47. The molecular weight excluding hydrogens is 284 g/mol. The van der Waals surface area contributed by atoms with Crippen molar-refractivity contribution >= 4 is 11.3 Å². The van der Waals surface area contributed by atoms with Gasteiger partial charge < -0.3 is 9.47 Å². The molecule has 0 unspecified atom stereocenters. The molecule has 0 radical (unpaired) electrons. The lowest BCUT2D eigenvalue weighted by molar-refractivity contribution is -0.0958. The predicted octanol–water partition coefficient (Wildman–Crippen LogP) is 2.82. The number of rotatable bonds is 3. The van der Waals surface area contributed by atoms with Crippen LogP contribution < -0.4 is 0 Å². The Bertz CT molecular complexity index is 463. The van der Waals surface area contributed by atoms with Gasteiger partial charge in [0.05, 0.1) is 23.8 Å². The van der Waals surface area contributed by atoms with Gasteiger partial charge >= 0.3 is 0 Å². The number of hydrogen-bond donors (Lipinski definition) is 0. The molecule has 3 heterocycles. The van der Waals surface area contributed by atoms with Gasteiger partial charge in [-0.05, 0) is 12.8 Å². The van der Waals surface area contributed by atoms with Gasteiger partial charge in [-0.25, -0.2) is 4.98 Å². The fourth-order valence-corrected chi connectivity index (χ4v) is 3.96. The van der Waals surface area contributed by atoms with Crippen LogP contribution in [-0.2, 0) is 21.4 Å². The molecule has 2 saturated heterocycles. The van der Waals surface area contributed by atoms with Crippen LogP contribution in [0.4, 0.5) is 0 Å². The zero-order chi connectivity index (χ0) is 14.9. The van der Waals surface area contributed by atoms with E-state index in [0.29, 0.717) is 6.10 Å². The molecule has 5 heteroatoms. The summed E-state index contributed by atoms with van der Waals surface area (Å²) in [4.78, 5) is 8.42. The topological polar surface area (TPSA) is 34.6 Å². The fourth-order valence-electron chi connectivity index (χ4n) is 2.94. The molecule has 4 nitrogen and oxygen atoms in total. The zero-order valence-corrected chi connectivity index (χ0v) is 14.1. The second kappa shape index (κ2) is 6.32. The van der Waals surface area contributed by atoms with Gasteiger partial charge in [0.25, 0.3) is 0 Å². The van der Waals surface area contributed by atoms with Crippen molar-refractivity contribution in [2.24, 2.45) is 0 Å².